The second kappa shape index (κ2) is 8.10. The number of nitrogens with one attached hydrogen (secondary N) is 2. The molecule has 1 aliphatic rings. The van der Waals surface area contributed by atoms with Crippen LogP contribution in [0.25, 0.3) is 10.2 Å². The predicted octanol–water partition coefficient (Wildman–Crippen LogP) is 2.43. The van der Waals surface area contributed by atoms with Gasteiger partial charge in [0, 0.05) is 18.0 Å². The average Bonchev–Trinajstić information content (AvgIpc) is 2.93. The van der Waals surface area contributed by atoms with Crippen LogP contribution >= 0.6 is 23.1 Å². The summed E-state index contributed by atoms with van der Waals surface area (Å²) in [6.07, 6.45) is 2.00. The van der Waals surface area contributed by atoms with E-state index in [2.05, 4.69) is 15.3 Å². The van der Waals surface area contributed by atoms with E-state index < -0.39 is 0 Å². The smallest absolute Gasteiger partial charge is 0.259 e. The quantitative estimate of drug-likeness (QED) is 0.814. The number of hydrogen-bond acceptors (Lipinski definition) is 6. The Bertz CT molecular complexity index is 855. The third-order valence-corrected chi connectivity index (χ3v) is 7.35. The Labute approximate surface area is 161 Å². The van der Waals surface area contributed by atoms with Crippen LogP contribution in [0.15, 0.2) is 4.79 Å². The van der Waals surface area contributed by atoms with E-state index in [0.29, 0.717) is 23.0 Å². The molecule has 2 N–H and O–H groups in total. The van der Waals surface area contributed by atoms with Gasteiger partial charge in [-0.05, 0) is 52.3 Å². The minimum absolute atomic E-state index is 0.0850. The number of aromatic nitrogens is 2. The molecule has 2 aromatic heterocycles. The molecule has 142 valence electrons. The summed E-state index contributed by atoms with van der Waals surface area (Å²) in [7, 11) is 1.90. The van der Waals surface area contributed by atoms with E-state index in [-0.39, 0.29) is 16.7 Å². The van der Waals surface area contributed by atoms with E-state index >= 15 is 0 Å². The first-order valence-corrected chi connectivity index (χ1v) is 10.8. The van der Waals surface area contributed by atoms with Crippen LogP contribution in [0.3, 0.4) is 0 Å². The summed E-state index contributed by atoms with van der Waals surface area (Å²) in [4.78, 5) is 36.3. The number of aryl methyl sites for hydroxylation is 2. The van der Waals surface area contributed by atoms with Crippen molar-refractivity contribution in [3.63, 3.8) is 0 Å². The summed E-state index contributed by atoms with van der Waals surface area (Å²) in [6.45, 7) is 7.83. The molecule has 2 aromatic rings. The number of thioether (sulfide) groups is 1. The number of carbonyl (C=O) groups is 1. The van der Waals surface area contributed by atoms with Crippen LogP contribution < -0.4 is 10.9 Å². The van der Waals surface area contributed by atoms with Gasteiger partial charge in [-0.25, -0.2) is 4.98 Å². The van der Waals surface area contributed by atoms with Gasteiger partial charge in [0.25, 0.3) is 5.56 Å². The maximum absolute atomic E-state index is 12.7. The minimum atomic E-state index is -0.164. The molecule has 1 atom stereocenters. The molecule has 3 heterocycles. The Morgan fingerprint density at radius 3 is 2.77 bits per heavy atom. The number of fused-ring (bicyclic) bond motifs is 1. The Morgan fingerprint density at radius 1 is 1.38 bits per heavy atom. The lowest BCUT2D eigenvalue weighted by atomic mass is 10.1. The summed E-state index contributed by atoms with van der Waals surface area (Å²) in [6, 6.07) is 0.318. The lowest BCUT2D eigenvalue weighted by Crippen LogP contribution is -2.46. The Kier molecular flexibility index (Phi) is 6.04. The second-order valence-electron chi connectivity index (χ2n) is 6.86. The van der Waals surface area contributed by atoms with Crippen molar-refractivity contribution in [3.05, 3.63) is 26.6 Å². The van der Waals surface area contributed by atoms with Crippen molar-refractivity contribution in [2.75, 3.05) is 20.1 Å². The summed E-state index contributed by atoms with van der Waals surface area (Å²) in [5.74, 6) is 1.31. The third-order valence-electron chi connectivity index (χ3n) is 5.11. The molecule has 1 fully saturated rings. The number of piperidine rings is 1. The summed E-state index contributed by atoms with van der Waals surface area (Å²) < 4.78 is 0. The van der Waals surface area contributed by atoms with Gasteiger partial charge in [0.15, 0.2) is 0 Å². The number of H-pyrrole nitrogens is 1. The van der Waals surface area contributed by atoms with E-state index in [1.807, 2.05) is 32.7 Å². The normalized spacial score (nSPS) is 16.8. The van der Waals surface area contributed by atoms with Crippen LogP contribution in [0.1, 0.15) is 36.0 Å². The lowest BCUT2D eigenvalue weighted by molar-refractivity contribution is -0.131. The fourth-order valence-electron chi connectivity index (χ4n) is 3.30. The molecule has 1 unspecified atom stereocenters. The van der Waals surface area contributed by atoms with E-state index in [4.69, 9.17) is 0 Å². The van der Waals surface area contributed by atoms with Gasteiger partial charge in [-0.2, -0.15) is 0 Å². The average molecular weight is 395 g/mol. The van der Waals surface area contributed by atoms with Crippen LogP contribution in [-0.2, 0) is 10.5 Å². The van der Waals surface area contributed by atoms with Crippen molar-refractivity contribution < 1.29 is 4.79 Å². The topological polar surface area (TPSA) is 78.1 Å². The van der Waals surface area contributed by atoms with E-state index in [1.54, 1.807) is 11.3 Å². The Hall–Kier alpha value is -1.38. The van der Waals surface area contributed by atoms with Crippen LogP contribution in [0.2, 0.25) is 0 Å². The molecule has 1 amide bonds. The molecule has 0 spiro atoms. The van der Waals surface area contributed by atoms with Crippen LogP contribution in [0.4, 0.5) is 0 Å². The Balaban J connectivity index is 1.65. The first-order valence-electron chi connectivity index (χ1n) is 8.96. The molecule has 26 heavy (non-hydrogen) atoms. The van der Waals surface area contributed by atoms with Gasteiger partial charge < -0.3 is 15.2 Å². The first-order chi connectivity index (χ1) is 12.4. The van der Waals surface area contributed by atoms with Gasteiger partial charge in [0.1, 0.15) is 10.7 Å². The number of rotatable bonds is 5. The largest absolute Gasteiger partial charge is 0.342 e. The van der Waals surface area contributed by atoms with Gasteiger partial charge in [-0.3, -0.25) is 9.59 Å². The monoisotopic (exact) mass is 394 g/mol. The highest BCUT2D eigenvalue weighted by Crippen LogP contribution is 2.27. The van der Waals surface area contributed by atoms with Gasteiger partial charge >= 0.3 is 0 Å². The van der Waals surface area contributed by atoms with E-state index in [9.17, 15) is 9.59 Å². The Morgan fingerprint density at radius 2 is 2.08 bits per heavy atom. The zero-order valence-electron chi connectivity index (χ0n) is 15.7. The summed E-state index contributed by atoms with van der Waals surface area (Å²) in [5, 5.41) is 3.85. The molecule has 3 rings (SSSR count). The van der Waals surface area contributed by atoms with Crippen LogP contribution in [0, 0.1) is 13.8 Å². The van der Waals surface area contributed by atoms with Crippen LogP contribution in [0.5, 0.6) is 0 Å². The summed E-state index contributed by atoms with van der Waals surface area (Å²) in [5.41, 5.74) is 0.920. The van der Waals surface area contributed by atoms with Crippen molar-refractivity contribution in [1.29, 1.82) is 0 Å². The zero-order valence-corrected chi connectivity index (χ0v) is 17.4. The van der Waals surface area contributed by atoms with Crippen molar-refractivity contribution in [1.82, 2.24) is 20.2 Å². The summed E-state index contributed by atoms with van der Waals surface area (Å²) >= 11 is 3.07. The highest BCUT2D eigenvalue weighted by molar-refractivity contribution is 7.99. The molecule has 0 saturated carbocycles. The highest BCUT2D eigenvalue weighted by atomic mass is 32.2. The SMILES string of the molecule is Cc1sc2nc(CSC(C)C(=O)N(C)C3CCNCC3)[nH]c(=O)c2c1C. The molecule has 0 radical (unpaired) electrons. The lowest BCUT2D eigenvalue weighted by Gasteiger charge is -2.33. The molecular weight excluding hydrogens is 368 g/mol. The number of amides is 1. The number of carbonyl (C=O) groups excluding carboxylic acids is 1. The molecule has 0 aliphatic carbocycles. The number of nitrogens with zero attached hydrogens (tertiary/aromatic N) is 2. The third kappa shape index (κ3) is 3.97. The van der Waals surface area contributed by atoms with E-state index in [0.717, 1.165) is 41.2 Å². The van der Waals surface area contributed by atoms with Gasteiger partial charge in [0.2, 0.25) is 5.91 Å². The van der Waals surface area contributed by atoms with Crippen molar-refractivity contribution in [2.24, 2.45) is 0 Å². The van der Waals surface area contributed by atoms with Gasteiger partial charge in [-0.15, -0.1) is 23.1 Å². The molecule has 1 saturated heterocycles. The van der Waals surface area contributed by atoms with Gasteiger partial charge in [-0.1, -0.05) is 0 Å². The minimum Gasteiger partial charge on any atom is -0.342 e. The number of aromatic amines is 1. The van der Waals surface area contributed by atoms with Gasteiger partial charge in [0.05, 0.1) is 16.4 Å². The number of thiophene rings is 1. The molecule has 1 aliphatic heterocycles. The van der Waals surface area contributed by atoms with Crippen molar-refractivity contribution in [2.45, 2.75) is 50.7 Å². The standard InChI is InChI=1S/C18H26N4O2S2/c1-10-11(2)26-17-15(10)16(23)20-14(21-17)9-25-12(3)18(24)22(4)13-5-7-19-8-6-13/h12-13,19H,5-9H2,1-4H3,(H,20,21,23). The fourth-order valence-corrected chi connectivity index (χ4v) is 5.21. The maximum atomic E-state index is 12.7. The van der Waals surface area contributed by atoms with E-state index in [1.165, 1.54) is 11.8 Å². The molecule has 0 aromatic carbocycles. The molecule has 6 nitrogen and oxygen atoms in total. The zero-order chi connectivity index (χ0) is 18.8. The predicted molar refractivity (Wildman–Crippen MR) is 109 cm³/mol. The van der Waals surface area contributed by atoms with Crippen molar-refractivity contribution in [3.8, 4) is 0 Å². The molecular formula is C18H26N4O2S2. The number of hydrogen-bond donors (Lipinski definition) is 2. The first kappa shape index (κ1) is 19.4. The fraction of sp³-hybridized carbons (Fsp3) is 0.611. The second-order valence-corrected chi connectivity index (χ2v) is 9.39. The molecule has 0 bridgehead atoms. The maximum Gasteiger partial charge on any atom is 0.259 e. The highest BCUT2D eigenvalue weighted by Gasteiger charge is 2.26. The van der Waals surface area contributed by atoms with Crippen molar-refractivity contribution >= 4 is 39.2 Å². The van der Waals surface area contributed by atoms with Crippen LogP contribution in [-0.4, -0.2) is 52.2 Å². The molecule has 8 heteroatoms.